The quantitative estimate of drug-likeness (QED) is 0.490. The minimum absolute atomic E-state index is 0.0248. The Bertz CT molecular complexity index is 1240. The predicted octanol–water partition coefficient (Wildman–Crippen LogP) is 4.15. The van der Waals surface area contributed by atoms with Crippen molar-refractivity contribution in [2.75, 3.05) is 5.32 Å². The Morgan fingerprint density at radius 2 is 1.83 bits per heavy atom. The van der Waals surface area contributed by atoms with E-state index < -0.39 is 23.6 Å². The molecule has 2 N–H and O–H groups in total. The number of benzene rings is 1. The molecule has 0 aliphatic heterocycles. The third-order valence-corrected chi connectivity index (χ3v) is 4.46. The maximum Gasteiger partial charge on any atom is 0.433 e. The standard InChI is InChI=1S/C19H14F4N6O/c1-9-17(10(2)27-26-9)25-18(30)14-8-16-24-13(11-3-5-12(20)6-4-11)7-15(19(21,22)23)29(16)28-14/h3-8H,1-2H3,(H,25,30)(H,26,27). The second-order valence-electron chi connectivity index (χ2n) is 6.59. The fraction of sp³-hybridized carbons (Fsp3) is 0.158. The van der Waals surface area contributed by atoms with Crippen molar-refractivity contribution in [2.45, 2.75) is 20.0 Å². The summed E-state index contributed by atoms with van der Waals surface area (Å²) in [7, 11) is 0. The van der Waals surface area contributed by atoms with Crippen molar-refractivity contribution in [3.8, 4) is 11.3 Å². The van der Waals surface area contributed by atoms with Crippen molar-refractivity contribution in [1.29, 1.82) is 0 Å². The first-order valence-electron chi connectivity index (χ1n) is 8.70. The molecule has 0 aliphatic carbocycles. The molecule has 0 radical (unpaired) electrons. The zero-order valence-corrected chi connectivity index (χ0v) is 15.7. The highest BCUT2D eigenvalue weighted by atomic mass is 19.4. The van der Waals surface area contributed by atoms with Gasteiger partial charge in [0.05, 0.1) is 22.8 Å². The smallest absolute Gasteiger partial charge is 0.317 e. The van der Waals surface area contributed by atoms with Crippen LogP contribution in [0.5, 0.6) is 0 Å². The number of nitrogens with zero attached hydrogens (tertiary/aromatic N) is 4. The topological polar surface area (TPSA) is 88.0 Å². The molecule has 3 heterocycles. The van der Waals surface area contributed by atoms with E-state index in [0.717, 1.165) is 24.3 Å². The fourth-order valence-electron chi connectivity index (χ4n) is 2.97. The Morgan fingerprint density at radius 1 is 1.13 bits per heavy atom. The molecule has 154 valence electrons. The molecule has 7 nitrogen and oxygen atoms in total. The lowest BCUT2D eigenvalue weighted by Gasteiger charge is -2.11. The van der Waals surface area contributed by atoms with Crippen LogP contribution in [0.2, 0.25) is 0 Å². The molecule has 0 bridgehead atoms. The number of hydrogen-bond donors (Lipinski definition) is 2. The zero-order chi connectivity index (χ0) is 21.6. The lowest BCUT2D eigenvalue weighted by molar-refractivity contribution is -0.142. The average molecular weight is 418 g/mol. The van der Waals surface area contributed by atoms with Gasteiger partial charge in [-0.2, -0.15) is 23.4 Å². The molecular formula is C19H14F4N6O. The van der Waals surface area contributed by atoms with Crippen LogP contribution in [0, 0.1) is 19.7 Å². The number of carbonyl (C=O) groups excluding carboxylic acids is 1. The van der Waals surface area contributed by atoms with Gasteiger partial charge in [0, 0.05) is 11.6 Å². The van der Waals surface area contributed by atoms with Crippen LogP contribution in [0.3, 0.4) is 0 Å². The van der Waals surface area contributed by atoms with Crippen molar-refractivity contribution in [3.63, 3.8) is 0 Å². The van der Waals surface area contributed by atoms with Gasteiger partial charge in [0.1, 0.15) is 5.82 Å². The van der Waals surface area contributed by atoms with E-state index in [9.17, 15) is 22.4 Å². The summed E-state index contributed by atoms with van der Waals surface area (Å²) in [5.41, 5.74) is 0.285. The molecule has 4 aromatic rings. The van der Waals surface area contributed by atoms with E-state index in [4.69, 9.17) is 0 Å². The van der Waals surface area contributed by atoms with Gasteiger partial charge in [0.2, 0.25) is 0 Å². The summed E-state index contributed by atoms with van der Waals surface area (Å²) in [6.45, 7) is 3.36. The molecule has 0 unspecified atom stereocenters. The van der Waals surface area contributed by atoms with Crippen molar-refractivity contribution < 1.29 is 22.4 Å². The Kier molecular flexibility index (Phi) is 4.52. The first kappa shape index (κ1) is 19.6. The summed E-state index contributed by atoms with van der Waals surface area (Å²) in [6, 6.07) is 6.85. The maximum atomic E-state index is 13.6. The van der Waals surface area contributed by atoms with Crippen LogP contribution in [-0.4, -0.2) is 30.7 Å². The third-order valence-electron chi connectivity index (χ3n) is 4.46. The number of aromatic nitrogens is 5. The number of amides is 1. The lowest BCUT2D eigenvalue weighted by atomic mass is 10.1. The first-order valence-corrected chi connectivity index (χ1v) is 8.70. The number of anilines is 1. The fourth-order valence-corrected chi connectivity index (χ4v) is 2.97. The van der Waals surface area contributed by atoms with Gasteiger partial charge in [0.25, 0.3) is 5.91 Å². The minimum atomic E-state index is -4.76. The number of carbonyl (C=O) groups is 1. The summed E-state index contributed by atoms with van der Waals surface area (Å²) in [5.74, 6) is -1.23. The minimum Gasteiger partial charge on any atom is -0.317 e. The number of alkyl halides is 3. The SMILES string of the molecule is Cc1n[nH]c(C)c1NC(=O)c1cc2nc(-c3ccc(F)cc3)cc(C(F)(F)F)n2n1. The van der Waals surface area contributed by atoms with Crippen LogP contribution >= 0.6 is 0 Å². The molecular weight excluding hydrogens is 404 g/mol. The summed E-state index contributed by atoms with van der Waals surface area (Å²) in [6.07, 6.45) is -4.76. The molecule has 0 saturated heterocycles. The van der Waals surface area contributed by atoms with E-state index in [2.05, 4.69) is 25.6 Å². The van der Waals surface area contributed by atoms with Crippen molar-refractivity contribution in [1.82, 2.24) is 24.8 Å². The zero-order valence-electron chi connectivity index (χ0n) is 15.7. The number of rotatable bonds is 3. The maximum absolute atomic E-state index is 13.6. The van der Waals surface area contributed by atoms with Gasteiger partial charge < -0.3 is 5.32 Å². The highest BCUT2D eigenvalue weighted by molar-refractivity contribution is 6.04. The molecule has 0 saturated carbocycles. The van der Waals surface area contributed by atoms with Crippen LogP contribution in [-0.2, 0) is 6.18 Å². The van der Waals surface area contributed by atoms with Gasteiger partial charge in [-0.1, -0.05) is 0 Å². The number of halogens is 4. The molecule has 30 heavy (non-hydrogen) atoms. The van der Waals surface area contributed by atoms with Gasteiger partial charge >= 0.3 is 6.18 Å². The summed E-state index contributed by atoms with van der Waals surface area (Å²) < 4.78 is 54.6. The highest BCUT2D eigenvalue weighted by Crippen LogP contribution is 2.32. The number of nitrogens with one attached hydrogen (secondary N) is 2. The van der Waals surface area contributed by atoms with Crippen LogP contribution in [0.1, 0.15) is 27.6 Å². The van der Waals surface area contributed by atoms with E-state index in [-0.39, 0.29) is 17.0 Å². The predicted molar refractivity (Wildman–Crippen MR) is 99.4 cm³/mol. The summed E-state index contributed by atoms with van der Waals surface area (Å²) in [4.78, 5) is 16.7. The molecule has 1 amide bonds. The summed E-state index contributed by atoms with van der Waals surface area (Å²) >= 11 is 0. The van der Waals surface area contributed by atoms with E-state index in [0.29, 0.717) is 27.2 Å². The third kappa shape index (κ3) is 3.49. The Hall–Kier alpha value is -3.76. The molecule has 1 aromatic carbocycles. The molecule has 0 fully saturated rings. The van der Waals surface area contributed by atoms with Gasteiger partial charge in [-0.05, 0) is 44.2 Å². The average Bonchev–Trinajstić information content (AvgIpc) is 3.25. The van der Waals surface area contributed by atoms with Crippen molar-refractivity contribution in [3.05, 3.63) is 65.0 Å². The second kappa shape index (κ2) is 6.94. The monoisotopic (exact) mass is 418 g/mol. The van der Waals surface area contributed by atoms with Crippen molar-refractivity contribution in [2.24, 2.45) is 0 Å². The lowest BCUT2D eigenvalue weighted by Crippen LogP contribution is -2.16. The Morgan fingerprint density at radius 3 is 2.43 bits per heavy atom. The molecule has 0 spiro atoms. The van der Waals surface area contributed by atoms with Gasteiger partial charge in [0.15, 0.2) is 17.0 Å². The molecule has 0 aliphatic rings. The molecule has 11 heteroatoms. The van der Waals surface area contributed by atoms with E-state index >= 15 is 0 Å². The number of aryl methyl sites for hydroxylation is 2. The largest absolute Gasteiger partial charge is 0.433 e. The number of hydrogen-bond acceptors (Lipinski definition) is 4. The number of H-pyrrole nitrogens is 1. The second-order valence-corrected chi connectivity index (χ2v) is 6.59. The summed E-state index contributed by atoms with van der Waals surface area (Å²) in [5, 5.41) is 13.0. The van der Waals surface area contributed by atoms with Gasteiger partial charge in [-0.3, -0.25) is 9.89 Å². The van der Waals surface area contributed by atoms with E-state index in [1.807, 2.05) is 0 Å². The van der Waals surface area contributed by atoms with E-state index in [1.165, 1.54) is 12.1 Å². The van der Waals surface area contributed by atoms with Crippen LogP contribution < -0.4 is 5.32 Å². The molecule has 0 atom stereocenters. The molecule has 3 aromatic heterocycles. The van der Waals surface area contributed by atoms with Crippen LogP contribution in [0.25, 0.3) is 16.9 Å². The van der Waals surface area contributed by atoms with Gasteiger partial charge in [-0.15, -0.1) is 0 Å². The van der Waals surface area contributed by atoms with E-state index in [1.54, 1.807) is 13.8 Å². The normalized spacial score (nSPS) is 11.8. The highest BCUT2D eigenvalue weighted by Gasteiger charge is 2.35. The van der Waals surface area contributed by atoms with Crippen LogP contribution in [0.4, 0.5) is 23.2 Å². The number of aromatic amines is 1. The van der Waals surface area contributed by atoms with Crippen LogP contribution in [0.15, 0.2) is 36.4 Å². The number of fused-ring (bicyclic) bond motifs is 1. The van der Waals surface area contributed by atoms with Crippen molar-refractivity contribution >= 4 is 17.2 Å². The van der Waals surface area contributed by atoms with Gasteiger partial charge in [-0.25, -0.2) is 13.9 Å². The molecule has 4 rings (SSSR count). The first-order chi connectivity index (χ1) is 14.1. The Labute approximate surface area is 166 Å². The Balaban J connectivity index is 1.80.